The molecule has 0 aliphatic carbocycles. The molecule has 2 rings (SSSR count). The highest BCUT2D eigenvalue weighted by atomic mass is 127. The van der Waals surface area contributed by atoms with Gasteiger partial charge in [0.25, 0.3) is 0 Å². The first-order valence-electron chi connectivity index (χ1n) is 5.39. The van der Waals surface area contributed by atoms with Gasteiger partial charge in [0.05, 0.1) is 11.1 Å². The number of nitrogens with two attached hydrogens (primary N) is 1. The standard InChI is InChI=1S/C13H10ClF2IN2/c14-9-6-7(4-5-11(9)17)13(19-18)8-2-1-3-10(15)12(8)16/h1-6,13,19H,18H2. The monoisotopic (exact) mass is 394 g/mol. The van der Waals surface area contributed by atoms with Crippen molar-refractivity contribution in [2.24, 2.45) is 5.84 Å². The van der Waals surface area contributed by atoms with Gasteiger partial charge in [0, 0.05) is 9.13 Å². The molecule has 1 atom stereocenters. The van der Waals surface area contributed by atoms with E-state index in [1.807, 2.05) is 0 Å². The van der Waals surface area contributed by atoms with Gasteiger partial charge in [0.1, 0.15) is 0 Å². The number of halogens is 4. The number of hydrazine groups is 1. The summed E-state index contributed by atoms with van der Waals surface area (Å²) in [6.45, 7) is 0. The molecule has 100 valence electrons. The van der Waals surface area contributed by atoms with Crippen molar-refractivity contribution < 1.29 is 8.78 Å². The highest BCUT2D eigenvalue weighted by Crippen LogP contribution is 2.28. The van der Waals surface area contributed by atoms with E-state index in [-0.39, 0.29) is 5.56 Å². The van der Waals surface area contributed by atoms with Gasteiger partial charge in [-0.05, 0) is 46.4 Å². The van der Waals surface area contributed by atoms with E-state index in [4.69, 9.17) is 17.4 Å². The van der Waals surface area contributed by atoms with Crippen LogP contribution in [0.15, 0.2) is 36.4 Å². The topological polar surface area (TPSA) is 38.0 Å². The molecule has 0 bridgehead atoms. The normalized spacial score (nSPS) is 12.5. The molecule has 0 aliphatic heterocycles. The van der Waals surface area contributed by atoms with Crippen LogP contribution in [0.1, 0.15) is 17.2 Å². The molecular formula is C13H10ClF2IN2. The van der Waals surface area contributed by atoms with Crippen LogP contribution in [0.3, 0.4) is 0 Å². The smallest absolute Gasteiger partial charge is 0.163 e. The van der Waals surface area contributed by atoms with Crippen molar-refractivity contribution in [3.63, 3.8) is 0 Å². The number of benzene rings is 2. The molecule has 0 spiro atoms. The van der Waals surface area contributed by atoms with Crippen LogP contribution in [-0.4, -0.2) is 0 Å². The van der Waals surface area contributed by atoms with E-state index < -0.39 is 17.7 Å². The summed E-state index contributed by atoms with van der Waals surface area (Å²) in [6, 6.07) is 8.56. The van der Waals surface area contributed by atoms with Crippen LogP contribution in [0.5, 0.6) is 0 Å². The summed E-state index contributed by atoms with van der Waals surface area (Å²) in [5.74, 6) is 3.64. The van der Waals surface area contributed by atoms with Crippen LogP contribution in [0.25, 0.3) is 0 Å². The van der Waals surface area contributed by atoms with Gasteiger partial charge in [0.2, 0.25) is 0 Å². The predicted octanol–water partition coefficient (Wildman–Crippen LogP) is 3.78. The van der Waals surface area contributed by atoms with E-state index >= 15 is 0 Å². The molecule has 0 heterocycles. The molecule has 0 aromatic heterocycles. The Labute approximate surface area is 128 Å². The summed E-state index contributed by atoms with van der Waals surface area (Å²) in [7, 11) is 0. The van der Waals surface area contributed by atoms with Crippen LogP contribution in [0.4, 0.5) is 8.78 Å². The van der Waals surface area contributed by atoms with Crippen LogP contribution in [-0.2, 0) is 0 Å². The van der Waals surface area contributed by atoms with Crippen LogP contribution in [0, 0.1) is 15.2 Å². The second-order valence-electron chi connectivity index (χ2n) is 3.92. The zero-order valence-corrected chi connectivity index (χ0v) is 12.5. The zero-order chi connectivity index (χ0) is 14.0. The second kappa shape index (κ2) is 6.13. The first-order valence-corrected chi connectivity index (χ1v) is 6.85. The van der Waals surface area contributed by atoms with Gasteiger partial charge >= 0.3 is 0 Å². The maximum Gasteiger partial charge on any atom is 0.163 e. The maximum atomic E-state index is 13.8. The minimum absolute atomic E-state index is 0.139. The van der Waals surface area contributed by atoms with Gasteiger partial charge in [0.15, 0.2) is 11.6 Å². The molecular weight excluding hydrogens is 385 g/mol. The van der Waals surface area contributed by atoms with E-state index in [0.717, 1.165) is 9.64 Å². The maximum absolute atomic E-state index is 13.8. The van der Waals surface area contributed by atoms with Crippen LogP contribution in [0.2, 0.25) is 5.02 Å². The molecule has 19 heavy (non-hydrogen) atoms. The highest BCUT2D eigenvalue weighted by molar-refractivity contribution is 14.1. The Hall–Kier alpha value is -0.760. The lowest BCUT2D eigenvalue weighted by molar-refractivity contribution is 0.483. The first kappa shape index (κ1) is 14.6. The molecule has 3 N–H and O–H groups in total. The lowest BCUT2D eigenvalue weighted by atomic mass is 9.99. The Morgan fingerprint density at radius 1 is 1.21 bits per heavy atom. The fourth-order valence-electron chi connectivity index (χ4n) is 1.80. The summed E-state index contributed by atoms with van der Waals surface area (Å²) in [4.78, 5) is 0. The van der Waals surface area contributed by atoms with E-state index in [2.05, 4.69) is 28.0 Å². The van der Waals surface area contributed by atoms with E-state index in [0.29, 0.717) is 10.6 Å². The molecule has 0 saturated heterocycles. The average Bonchev–Trinajstić information content (AvgIpc) is 2.39. The van der Waals surface area contributed by atoms with Crippen molar-refractivity contribution in [2.75, 3.05) is 0 Å². The molecule has 0 fully saturated rings. The van der Waals surface area contributed by atoms with Gasteiger partial charge in [-0.25, -0.2) is 14.2 Å². The Balaban J connectivity index is 2.50. The summed E-state index contributed by atoms with van der Waals surface area (Å²) >= 11 is 8.12. The lowest BCUT2D eigenvalue weighted by Gasteiger charge is -2.18. The predicted molar refractivity (Wildman–Crippen MR) is 79.7 cm³/mol. The van der Waals surface area contributed by atoms with Gasteiger partial charge in [-0.2, -0.15) is 0 Å². The van der Waals surface area contributed by atoms with Crippen molar-refractivity contribution in [1.82, 2.24) is 5.43 Å². The molecule has 0 amide bonds. The van der Waals surface area contributed by atoms with Gasteiger partial charge in [-0.15, -0.1) is 0 Å². The third kappa shape index (κ3) is 3.05. The van der Waals surface area contributed by atoms with Gasteiger partial charge in [-0.1, -0.05) is 29.8 Å². The second-order valence-corrected chi connectivity index (χ2v) is 5.49. The number of hydrogen-bond acceptors (Lipinski definition) is 2. The summed E-state index contributed by atoms with van der Waals surface area (Å²) in [5.41, 5.74) is 3.28. The van der Waals surface area contributed by atoms with Gasteiger partial charge in [-0.3, -0.25) is 5.84 Å². The Morgan fingerprint density at radius 2 is 1.95 bits per heavy atom. The van der Waals surface area contributed by atoms with Crippen LogP contribution >= 0.6 is 34.2 Å². The van der Waals surface area contributed by atoms with Crippen molar-refractivity contribution in [1.29, 1.82) is 0 Å². The van der Waals surface area contributed by atoms with Crippen molar-refractivity contribution in [2.45, 2.75) is 6.04 Å². The fraction of sp³-hybridized carbons (Fsp3) is 0.0769. The SMILES string of the molecule is NNC(c1ccc(I)c(Cl)c1)c1cccc(F)c1F. The molecule has 2 aromatic rings. The number of rotatable bonds is 3. The van der Waals surface area contributed by atoms with E-state index in [1.54, 1.807) is 18.2 Å². The van der Waals surface area contributed by atoms with Gasteiger partial charge < -0.3 is 0 Å². The number of nitrogens with one attached hydrogen (secondary N) is 1. The Kier molecular flexibility index (Phi) is 4.72. The molecule has 0 saturated carbocycles. The van der Waals surface area contributed by atoms with E-state index in [9.17, 15) is 8.78 Å². The summed E-state index contributed by atoms with van der Waals surface area (Å²) in [5, 5.41) is 0.537. The lowest BCUT2D eigenvalue weighted by Crippen LogP contribution is -2.29. The van der Waals surface area contributed by atoms with Crippen molar-refractivity contribution >= 4 is 34.2 Å². The largest absolute Gasteiger partial charge is 0.271 e. The number of hydrogen-bond donors (Lipinski definition) is 2. The molecule has 2 nitrogen and oxygen atoms in total. The molecule has 2 aromatic carbocycles. The molecule has 1 unspecified atom stereocenters. The molecule has 0 radical (unpaired) electrons. The third-order valence-electron chi connectivity index (χ3n) is 2.74. The zero-order valence-electron chi connectivity index (χ0n) is 9.63. The Bertz CT molecular complexity index is 607. The first-order chi connectivity index (χ1) is 9.04. The summed E-state index contributed by atoms with van der Waals surface area (Å²) < 4.78 is 27.9. The Morgan fingerprint density at radius 3 is 2.58 bits per heavy atom. The minimum Gasteiger partial charge on any atom is -0.271 e. The highest BCUT2D eigenvalue weighted by Gasteiger charge is 2.19. The quantitative estimate of drug-likeness (QED) is 0.472. The molecule has 0 aliphatic rings. The minimum atomic E-state index is -0.917. The molecule has 6 heteroatoms. The third-order valence-corrected chi connectivity index (χ3v) is 4.31. The van der Waals surface area contributed by atoms with E-state index in [1.165, 1.54) is 12.1 Å². The average molecular weight is 395 g/mol. The van der Waals surface area contributed by atoms with Crippen molar-refractivity contribution in [3.05, 3.63) is 67.8 Å². The van der Waals surface area contributed by atoms with Crippen molar-refractivity contribution in [3.8, 4) is 0 Å². The fourth-order valence-corrected chi connectivity index (χ4v) is 2.33. The van der Waals surface area contributed by atoms with Crippen LogP contribution < -0.4 is 11.3 Å². The summed E-state index contributed by atoms with van der Waals surface area (Å²) in [6.07, 6.45) is 0.